The number of hydrogen-bond donors (Lipinski definition) is 1. The number of rotatable bonds is 6. The molecule has 0 heterocycles. The van der Waals surface area contributed by atoms with E-state index in [9.17, 15) is 4.79 Å². The number of ether oxygens (including phenoxy) is 1. The molecule has 0 spiro atoms. The maximum absolute atomic E-state index is 11.8. The molecule has 0 bridgehead atoms. The van der Waals surface area contributed by atoms with Gasteiger partial charge in [0.15, 0.2) is 0 Å². The van der Waals surface area contributed by atoms with Crippen molar-refractivity contribution in [1.29, 1.82) is 0 Å². The maximum Gasteiger partial charge on any atom is 0.239 e. The number of benzene rings is 2. The summed E-state index contributed by atoms with van der Waals surface area (Å²) in [4.78, 5) is 13.4. The molecular weight excluding hydrogens is 312 g/mol. The lowest BCUT2D eigenvalue weighted by atomic mass is 10.2. The normalized spacial score (nSPS) is 11.8. The Morgan fingerprint density at radius 2 is 1.91 bits per heavy atom. The molecule has 1 amide bonds. The Balaban J connectivity index is 1.90. The minimum Gasteiger partial charge on any atom is -0.489 e. The molecule has 0 aromatic heterocycles. The number of hydrogen-bond acceptors (Lipinski definition) is 3. The van der Waals surface area contributed by atoms with Crippen LogP contribution in [0.5, 0.6) is 5.75 Å². The van der Waals surface area contributed by atoms with Crippen molar-refractivity contribution in [3.63, 3.8) is 0 Å². The fourth-order valence-corrected chi connectivity index (χ4v) is 2.40. The molecule has 23 heavy (non-hydrogen) atoms. The maximum atomic E-state index is 11.8. The molecule has 2 aromatic rings. The zero-order chi connectivity index (χ0) is 16.8. The average molecular weight is 333 g/mol. The lowest BCUT2D eigenvalue weighted by Crippen LogP contribution is -2.39. The highest BCUT2D eigenvalue weighted by Crippen LogP contribution is 2.17. The van der Waals surface area contributed by atoms with Crippen LogP contribution in [-0.4, -0.2) is 23.9 Å². The van der Waals surface area contributed by atoms with Gasteiger partial charge in [-0.2, -0.15) is 0 Å². The van der Waals surface area contributed by atoms with E-state index in [-0.39, 0.29) is 5.91 Å². The Kier molecular flexibility index (Phi) is 6.02. The van der Waals surface area contributed by atoms with Crippen LogP contribution in [0.25, 0.3) is 0 Å². The van der Waals surface area contributed by atoms with Gasteiger partial charge in [0.25, 0.3) is 0 Å². The second-order valence-electron chi connectivity index (χ2n) is 5.55. The number of halogens is 1. The third kappa shape index (κ3) is 5.27. The van der Waals surface area contributed by atoms with Crippen LogP contribution in [0.2, 0.25) is 5.02 Å². The molecule has 1 atom stereocenters. The first-order valence-electron chi connectivity index (χ1n) is 7.42. The predicted molar refractivity (Wildman–Crippen MR) is 92.3 cm³/mol. The highest BCUT2D eigenvalue weighted by atomic mass is 35.5. The van der Waals surface area contributed by atoms with Crippen molar-refractivity contribution in [2.45, 2.75) is 26.1 Å². The zero-order valence-corrected chi connectivity index (χ0v) is 14.1. The molecule has 0 aliphatic rings. The van der Waals surface area contributed by atoms with Crippen molar-refractivity contribution in [3.05, 3.63) is 64.7 Å². The van der Waals surface area contributed by atoms with Crippen molar-refractivity contribution >= 4 is 17.5 Å². The zero-order valence-electron chi connectivity index (χ0n) is 13.3. The summed E-state index contributed by atoms with van der Waals surface area (Å²) in [6.45, 7) is 2.67. The van der Waals surface area contributed by atoms with E-state index in [1.807, 2.05) is 48.5 Å². The molecule has 2 N–H and O–H groups in total. The summed E-state index contributed by atoms with van der Waals surface area (Å²) in [5, 5.41) is 0.697. The smallest absolute Gasteiger partial charge is 0.239 e. The van der Waals surface area contributed by atoms with Gasteiger partial charge < -0.3 is 15.4 Å². The Bertz CT molecular complexity index is 656. The summed E-state index contributed by atoms with van der Waals surface area (Å²) in [6, 6.07) is 14.8. The molecule has 2 aromatic carbocycles. The van der Waals surface area contributed by atoms with Crippen LogP contribution in [0.15, 0.2) is 48.5 Å². The first-order valence-corrected chi connectivity index (χ1v) is 7.80. The van der Waals surface area contributed by atoms with Gasteiger partial charge in [0.1, 0.15) is 12.4 Å². The van der Waals surface area contributed by atoms with E-state index < -0.39 is 6.04 Å². The number of carbonyl (C=O) groups excluding carboxylic acids is 1. The molecule has 2 rings (SSSR count). The molecule has 5 heteroatoms. The van der Waals surface area contributed by atoms with Gasteiger partial charge in [-0.05, 0) is 42.3 Å². The van der Waals surface area contributed by atoms with E-state index in [4.69, 9.17) is 22.1 Å². The van der Waals surface area contributed by atoms with Gasteiger partial charge in [-0.25, -0.2) is 0 Å². The SMILES string of the molecule is CC(N)C(=O)N(C)Cc1ccc(OCc2cccc(Cl)c2)cc1. The van der Waals surface area contributed by atoms with Crippen molar-refractivity contribution in [2.75, 3.05) is 7.05 Å². The minimum atomic E-state index is -0.486. The van der Waals surface area contributed by atoms with Crippen LogP contribution in [-0.2, 0) is 17.9 Å². The van der Waals surface area contributed by atoms with Crippen molar-refractivity contribution in [3.8, 4) is 5.75 Å². The summed E-state index contributed by atoms with van der Waals surface area (Å²) in [7, 11) is 1.75. The highest BCUT2D eigenvalue weighted by molar-refractivity contribution is 6.30. The van der Waals surface area contributed by atoms with E-state index >= 15 is 0 Å². The summed E-state index contributed by atoms with van der Waals surface area (Å²) in [5.74, 6) is 0.696. The summed E-state index contributed by atoms with van der Waals surface area (Å²) in [5.41, 5.74) is 7.64. The molecule has 1 unspecified atom stereocenters. The van der Waals surface area contributed by atoms with Crippen molar-refractivity contribution < 1.29 is 9.53 Å². The second kappa shape index (κ2) is 7.99. The molecule has 0 fully saturated rings. The number of carbonyl (C=O) groups is 1. The van der Waals surface area contributed by atoms with Crippen LogP contribution in [0.3, 0.4) is 0 Å². The number of nitrogens with two attached hydrogens (primary N) is 1. The molecular formula is C18H21ClN2O2. The average Bonchev–Trinajstić information content (AvgIpc) is 2.53. The van der Waals surface area contributed by atoms with Gasteiger partial charge in [0, 0.05) is 18.6 Å². The van der Waals surface area contributed by atoms with E-state index in [0.717, 1.165) is 16.9 Å². The first kappa shape index (κ1) is 17.3. The summed E-state index contributed by atoms with van der Waals surface area (Å²) < 4.78 is 5.73. The lowest BCUT2D eigenvalue weighted by molar-refractivity contribution is -0.131. The lowest BCUT2D eigenvalue weighted by Gasteiger charge is -2.19. The number of likely N-dealkylation sites (N-methyl/N-ethyl adjacent to an activating group) is 1. The van der Waals surface area contributed by atoms with E-state index in [1.54, 1.807) is 18.9 Å². The van der Waals surface area contributed by atoms with Crippen LogP contribution in [0, 0.1) is 0 Å². The van der Waals surface area contributed by atoms with E-state index in [2.05, 4.69) is 0 Å². The van der Waals surface area contributed by atoms with Gasteiger partial charge in [-0.15, -0.1) is 0 Å². The predicted octanol–water partition coefficient (Wildman–Crippen LogP) is 3.22. The Hall–Kier alpha value is -2.04. The van der Waals surface area contributed by atoms with Crippen LogP contribution in [0.1, 0.15) is 18.1 Å². The third-order valence-electron chi connectivity index (χ3n) is 3.40. The monoisotopic (exact) mass is 332 g/mol. The fraction of sp³-hybridized carbons (Fsp3) is 0.278. The van der Waals surface area contributed by atoms with Gasteiger partial charge in [-0.1, -0.05) is 35.9 Å². The molecule has 4 nitrogen and oxygen atoms in total. The summed E-state index contributed by atoms with van der Waals surface area (Å²) in [6.07, 6.45) is 0. The standard InChI is InChI=1S/C18H21ClN2O2/c1-13(20)18(22)21(2)11-14-6-8-17(9-7-14)23-12-15-4-3-5-16(19)10-15/h3-10,13H,11-12,20H2,1-2H3. The fourth-order valence-electron chi connectivity index (χ4n) is 2.18. The Morgan fingerprint density at radius 1 is 1.22 bits per heavy atom. The molecule has 0 saturated heterocycles. The van der Waals surface area contributed by atoms with Crippen molar-refractivity contribution in [1.82, 2.24) is 4.90 Å². The molecule has 0 aliphatic carbocycles. The Morgan fingerprint density at radius 3 is 2.52 bits per heavy atom. The Labute approximate surface area is 141 Å². The van der Waals surface area contributed by atoms with Crippen LogP contribution in [0.4, 0.5) is 0 Å². The van der Waals surface area contributed by atoms with Gasteiger partial charge in [0.2, 0.25) is 5.91 Å². The van der Waals surface area contributed by atoms with E-state index in [1.165, 1.54) is 0 Å². The van der Waals surface area contributed by atoms with Crippen molar-refractivity contribution in [2.24, 2.45) is 5.73 Å². The third-order valence-corrected chi connectivity index (χ3v) is 3.64. The van der Waals surface area contributed by atoms with Gasteiger partial charge in [0.05, 0.1) is 6.04 Å². The van der Waals surface area contributed by atoms with Gasteiger partial charge >= 0.3 is 0 Å². The van der Waals surface area contributed by atoms with Crippen LogP contribution >= 0.6 is 11.6 Å². The topological polar surface area (TPSA) is 55.6 Å². The molecule has 0 radical (unpaired) electrons. The van der Waals surface area contributed by atoms with Crippen LogP contribution < -0.4 is 10.5 Å². The minimum absolute atomic E-state index is 0.0775. The number of amides is 1. The van der Waals surface area contributed by atoms with Gasteiger partial charge in [-0.3, -0.25) is 4.79 Å². The first-order chi connectivity index (χ1) is 11.0. The summed E-state index contributed by atoms with van der Waals surface area (Å²) >= 11 is 5.95. The largest absolute Gasteiger partial charge is 0.489 e. The second-order valence-corrected chi connectivity index (χ2v) is 5.98. The quantitative estimate of drug-likeness (QED) is 0.883. The molecule has 0 saturated carbocycles. The number of nitrogens with zero attached hydrogens (tertiary/aromatic N) is 1. The highest BCUT2D eigenvalue weighted by Gasteiger charge is 2.13. The molecule has 122 valence electrons. The molecule has 0 aliphatic heterocycles. The van der Waals surface area contributed by atoms with E-state index in [0.29, 0.717) is 18.2 Å².